The van der Waals surface area contributed by atoms with E-state index in [2.05, 4.69) is 39.6 Å². The molecule has 1 amide bonds. The molecular formula is C21H21F2N5O. The van der Waals surface area contributed by atoms with Crippen LogP contribution in [0, 0.1) is 11.6 Å². The summed E-state index contributed by atoms with van der Waals surface area (Å²) in [6.45, 7) is 6.05. The lowest BCUT2D eigenvalue weighted by atomic mass is 10.2. The van der Waals surface area contributed by atoms with Crippen LogP contribution in [0.3, 0.4) is 0 Å². The zero-order valence-electron chi connectivity index (χ0n) is 16.1. The van der Waals surface area contributed by atoms with Gasteiger partial charge >= 0.3 is 0 Å². The highest BCUT2D eigenvalue weighted by Gasteiger charge is 2.15. The van der Waals surface area contributed by atoms with E-state index in [4.69, 9.17) is 0 Å². The molecule has 0 saturated carbocycles. The second-order valence-corrected chi connectivity index (χ2v) is 6.20. The monoisotopic (exact) mass is 397 g/mol. The Balaban J connectivity index is 1.66. The zero-order chi connectivity index (χ0) is 20.8. The van der Waals surface area contributed by atoms with Crippen molar-refractivity contribution in [2.24, 2.45) is 0 Å². The smallest absolute Gasteiger partial charge is 0.276 e. The maximum atomic E-state index is 13.7. The van der Waals surface area contributed by atoms with E-state index in [9.17, 15) is 13.6 Å². The van der Waals surface area contributed by atoms with Crippen LogP contribution < -0.4 is 15.5 Å². The molecule has 0 unspecified atom stereocenters. The summed E-state index contributed by atoms with van der Waals surface area (Å²) < 4.78 is 27.3. The van der Waals surface area contributed by atoms with Gasteiger partial charge in [0.25, 0.3) is 5.91 Å². The molecule has 0 aliphatic heterocycles. The highest BCUT2D eigenvalue weighted by Crippen LogP contribution is 2.21. The average molecular weight is 397 g/mol. The maximum Gasteiger partial charge on any atom is 0.276 e. The predicted molar refractivity (Wildman–Crippen MR) is 110 cm³/mol. The highest BCUT2D eigenvalue weighted by atomic mass is 19.1. The Morgan fingerprint density at radius 2 is 1.59 bits per heavy atom. The van der Waals surface area contributed by atoms with Crippen molar-refractivity contribution in [3.8, 4) is 0 Å². The molecule has 0 fully saturated rings. The molecule has 0 saturated heterocycles. The van der Waals surface area contributed by atoms with Crippen LogP contribution in [0.25, 0.3) is 0 Å². The summed E-state index contributed by atoms with van der Waals surface area (Å²) in [7, 11) is 0. The maximum absolute atomic E-state index is 13.7. The molecule has 0 atom stereocenters. The van der Waals surface area contributed by atoms with E-state index >= 15 is 0 Å². The molecule has 150 valence electrons. The van der Waals surface area contributed by atoms with Crippen molar-refractivity contribution in [2.45, 2.75) is 13.8 Å². The zero-order valence-corrected chi connectivity index (χ0v) is 16.1. The molecule has 0 radical (unpaired) electrons. The van der Waals surface area contributed by atoms with Gasteiger partial charge in [0.1, 0.15) is 17.3 Å². The summed E-state index contributed by atoms with van der Waals surface area (Å²) in [6.07, 6.45) is 0. The molecule has 0 aliphatic rings. The first-order valence-corrected chi connectivity index (χ1v) is 9.23. The van der Waals surface area contributed by atoms with Crippen LogP contribution in [0.4, 0.5) is 31.7 Å². The van der Waals surface area contributed by atoms with Gasteiger partial charge < -0.3 is 15.5 Å². The second-order valence-electron chi connectivity index (χ2n) is 6.20. The van der Waals surface area contributed by atoms with E-state index in [-0.39, 0.29) is 5.69 Å². The summed E-state index contributed by atoms with van der Waals surface area (Å²) in [5, 5.41) is 13.0. The number of amides is 1. The fourth-order valence-corrected chi connectivity index (χ4v) is 2.81. The first-order chi connectivity index (χ1) is 14.0. The summed E-state index contributed by atoms with van der Waals surface area (Å²) >= 11 is 0. The van der Waals surface area contributed by atoms with Crippen molar-refractivity contribution in [2.75, 3.05) is 28.6 Å². The number of halogens is 2. The van der Waals surface area contributed by atoms with Gasteiger partial charge in [-0.2, -0.15) is 0 Å². The van der Waals surface area contributed by atoms with Gasteiger partial charge in [-0.05, 0) is 62.4 Å². The van der Waals surface area contributed by atoms with E-state index < -0.39 is 23.2 Å². The van der Waals surface area contributed by atoms with E-state index in [1.807, 2.05) is 24.3 Å². The Hall–Kier alpha value is -3.55. The van der Waals surface area contributed by atoms with Crippen molar-refractivity contribution < 1.29 is 13.6 Å². The minimum absolute atomic E-state index is 0.0601. The Morgan fingerprint density at radius 1 is 0.931 bits per heavy atom. The van der Waals surface area contributed by atoms with E-state index in [0.717, 1.165) is 36.6 Å². The number of benzene rings is 2. The number of nitrogens with one attached hydrogen (secondary N) is 2. The number of hydrogen-bond acceptors (Lipinski definition) is 5. The van der Waals surface area contributed by atoms with Crippen LogP contribution in [0.1, 0.15) is 24.3 Å². The number of anilines is 4. The molecule has 0 spiro atoms. The Bertz CT molecular complexity index is 953. The highest BCUT2D eigenvalue weighted by molar-refractivity contribution is 6.02. The third-order valence-corrected chi connectivity index (χ3v) is 4.37. The van der Waals surface area contributed by atoms with Gasteiger partial charge in [0, 0.05) is 24.5 Å². The second kappa shape index (κ2) is 9.09. The Labute approximate surface area is 167 Å². The number of rotatable bonds is 7. The minimum atomic E-state index is -0.863. The fourth-order valence-electron chi connectivity index (χ4n) is 2.81. The van der Waals surface area contributed by atoms with E-state index in [0.29, 0.717) is 5.82 Å². The summed E-state index contributed by atoms with van der Waals surface area (Å²) in [5.74, 6) is -2.04. The molecule has 3 aromatic rings. The van der Waals surface area contributed by atoms with E-state index in [1.165, 1.54) is 12.1 Å². The van der Waals surface area contributed by atoms with Gasteiger partial charge in [-0.3, -0.25) is 4.79 Å². The normalized spacial score (nSPS) is 10.5. The molecule has 0 aliphatic carbocycles. The number of nitrogens with zero attached hydrogens (tertiary/aromatic N) is 3. The Morgan fingerprint density at radius 3 is 2.14 bits per heavy atom. The lowest BCUT2D eigenvalue weighted by Gasteiger charge is -2.21. The topological polar surface area (TPSA) is 70.2 Å². The number of hydrogen-bond donors (Lipinski definition) is 2. The van der Waals surface area contributed by atoms with Crippen LogP contribution in [0.15, 0.2) is 54.6 Å². The van der Waals surface area contributed by atoms with Crippen LogP contribution in [-0.4, -0.2) is 29.2 Å². The van der Waals surface area contributed by atoms with Crippen LogP contribution in [0.2, 0.25) is 0 Å². The molecule has 29 heavy (non-hydrogen) atoms. The minimum Gasteiger partial charge on any atom is -0.372 e. The van der Waals surface area contributed by atoms with Gasteiger partial charge in [-0.1, -0.05) is 6.07 Å². The molecule has 1 heterocycles. The molecule has 0 bridgehead atoms. The summed E-state index contributed by atoms with van der Waals surface area (Å²) in [5.41, 5.74) is 1.37. The molecular weight excluding hydrogens is 376 g/mol. The number of carbonyl (C=O) groups excluding carboxylic acids is 1. The summed E-state index contributed by atoms with van der Waals surface area (Å²) in [4.78, 5) is 14.4. The number of aromatic nitrogens is 2. The molecule has 6 nitrogen and oxygen atoms in total. The quantitative estimate of drug-likeness (QED) is 0.610. The first kappa shape index (κ1) is 20.2. The van der Waals surface area contributed by atoms with E-state index in [1.54, 1.807) is 6.07 Å². The number of carbonyl (C=O) groups is 1. The van der Waals surface area contributed by atoms with Crippen molar-refractivity contribution in [1.29, 1.82) is 0 Å². The van der Waals surface area contributed by atoms with Gasteiger partial charge in [-0.25, -0.2) is 8.78 Å². The van der Waals surface area contributed by atoms with Gasteiger partial charge in [0.2, 0.25) is 0 Å². The van der Waals surface area contributed by atoms with Crippen molar-refractivity contribution in [3.05, 3.63) is 71.9 Å². The lowest BCUT2D eigenvalue weighted by Crippen LogP contribution is -2.21. The van der Waals surface area contributed by atoms with Gasteiger partial charge in [0.05, 0.1) is 0 Å². The average Bonchev–Trinajstić information content (AvgIpc) is 2.73. The van der Waals surface area contributed by atoms with Gasteiger partial charge in [0.15, 0.2) is 11.5 Å². The summed E-state index contributed by atoms with van der Waals surface area (Å²) in [6, 6.07) is 14.2. The predicted octanol–water partition coefficient (Wildman–Crippen LogP) is 4.60. The SMILES string of the molecule is CCN(CC)c1ccc(Nc2ccc(C(=O)Nc3c(F)cccc3F)nn2)cc1. The number of para-hydroxylation sites is 1. The van der Waals surface area contributed by atoms with Crippen LogP contribution >= 0.6 is 0 Å². The molecule has 2 aromatic carbocycles. The molecule has 3 rings (SSSR count). The van der Waals surface area contributed by atoms with Crippen LogP contribution in [-0.2, 0) is 0 Å². The standard InChI is InChI=1S/C21H21F2N5O/c1-3-28(4-2)15-10-8-14(9-11-15)24-19-13-12-18(26-27-19)21(29)25-20-16(22)6-5-7-17(20)23/h5-13H,3-4H2,1-2H3,(H,24,27)(H,25,29). The largest absolute Gasteiger partial charge is 0.372 e. The molecule has 1 aromatic heterocycles. The van der Waals surface area contributed by atoms with Crippen molar-refractivity contribution in [1.82, 2.24) is 10.2 Å². The first-order valence-electron chi connectivity index (χ1n) is 9.23. The fraction of sp³-hybridized carbons (Fsp3) is 0.190. The Kier molecular flexibility index (Phi) is 6.33. The lowest BCUT2D eigenvalue weighted by molar-refractivity contribution is 0.102. The van der Waals surface area contributed by atoms with Gasteiger partial charge in [-0.15, -0.1) is 10.2 Å². The van der Waals surface area contributed by atoms with Crippen LogP contribution in [0.5, 0.6) is 0 Å². The molecule has 2 N–H and O–H groups in total. The molecule has 8 heteroatoms. The third-order valence-electron chi connectivity index (χ3n) is 4.37. The van der Waals surface area contributed by atoms with Crippen molar-refractivity contribution in [3.63, 3.8) is 0 Å². The van der Waals surface area contributed by atoms with Crippen molar-refractivity contribution >= 4 is 28.8 Å². The third kappa shape index (κ3) is 4.84.